The van der Waals surface area contributed by atoms with Gasteiger partial charge in [-0.25, -0.2) is 4.99 Å². The fraction of sp³-hybridized carbons (Fsp3) is 0.571. The molecule has 0 aromatic rings. The van der Waals surface area contributed by atoms with E-state index in [9.17, 15) is 0 Å². The van der Waals surface area contributed by atoms with Gasteiger partial charge < -0.3 is 5.73 Å². The van der Waals surface area contributed by atoms with Crippen molar-refractivity contribution < 1.29 is 0 Å². The van der Waals surface area contributed by atoms with Gasteiger partial charge in [0, 0.05) is 6.20 Å². The third kappa shape index (κ3) is 7.21. The van der Waals surface area contributed by atoms with Gasteiger partial charge in [-0.2, -0.15) is 0 Å². The Bertz CT molecular complexity index is 110. The summed E-state index contributed by atoms with van der Waals surface area (Å²) in [5, 5.41) is 0. The zero-order valence-corrected chi connectivity index (χ0v) is 6.09. The molecule has 0 bridgehead atoms. The van der Waals surface area contributed by atoms with Crippen LogP contribution in [-0.4, -0.2) is 5.84 Å². The van der Waals surface area contributed by atoms with Gasteiger partial charge in [-0.05, 0) is 13.3 Å². The minimum atomic E-state index is 0.613. The molecule has 0 aromatic heterocycles. The minimum absolute atomic E-state index is 0.613. The van der Waals surface area contributed by atoms with Gasteiger partial charge in [-0.15, -0.1) is 0 Å². The second-order valence-electron chi connectivity index (χ2n) is 1.94. The van der Waals surface area contributed by atoms with Gasteiger partial charge in [-0.3, -0.25) is 0 Å². The summed E-state index contributed by atoms with van der Waals surface area (Å²) in [5.74, 6) is 0.613. The maximum Gasteiger partial charge on any atom is 0.0957 e. The van der Waals surface area contributed by atoms with Gasteiger partial charge >= 0.3 is 0 Å². The molecule has 2 nitrogen and oxygen atoms in total. The first-order valence-corrected chi connectivity index (χ1v) is 3.22. The van der Waals surface area contributed by atoms with E-state index in [-0.39, 0.29) is 0 Å². The first kappa shape index (κ1) is 8.21. The molecule has 0 spiro atoms. The molecule has 2 N–H and O–H groups in total. The van der Waals surface area contributed by atoms with E-state index in [0.717, 1.165) is 12.8 Å². The Morgan fingerprint density at radius 2 is 2.33 bits per heavy atom. The quantitative estimate of drug-likeness (QED) is 0.453. The van der Waals surface area contributed by atoms with Crippen LogP contribution in [0.5, 0.6) is 0 Å². The summed E-state index contributed by atoms with van der Waals surface area (Å²) in [6.07, 6.45) is 6.00. The molecule has 0 aliphatic carbocycles. The van der Waals surface area contributed by atoms with Gasteiger partial charge in [0.05, 0.1) is 5.84 Å². The smallest absolute Gasteiger partial charge is 0.0957 e. The van der Waals surface area contributed by atoms with Crippen LogP contribution in [0.3, 0.4) is 0 Å². The number of amidine groups is 1. The second kappa shape index (κ2) is 5.35. The largest absolute Gasteiger partial charge is 0.387 e. The molecule has 0 fully saturated rings. The van der Waals surface area contributed by atoms with Crippen molar-refractivity contribution in [2.75, 3.05) is 0 Å². The Kier molecular flexibility index (Phi) is 4.88. The second-order valence-corrected chi connectivity index (χ2v) is 1.94. The van der Waals surface area contributed by atoms with Crippen LogP contribution in [0.4, 0.5) is 0 Å². The van der Waals surface area contributed by atoms with E-state index in [2.05, 4.69) is 11.9 Å². The Balaban J connectivity index is 3.35. The van der Waals surface area contributed by atoms with Crippen LogP contribution in [0.25, 0.3) is 0 Å². The van der Waals surface area contributed by atoms with E-state index in [1.165, 1.54) is 0 Å². The third-order valence-corrected chi connectivity index (χ3v) is 0.839. The predicted molar refractivity (Wildman–Crippen MR) is 41.3 cm³/mol. The molecule has 52 valence electrons. The molecule has 0 saturated carbocycles. The van der Waals surface area contributed by atoms with Crippen molar-refractivity contribution in [1.29, 1.82) is 0 Å². The summed E-state index contributed by atoms with van der Waals surface area (Å²) in [6.45, 7) is 3.90. The van der Waals surface area contributed by atoms with Crippen LogP contribution in [-0.2, 0) is 0 Å². The molecule has 0 aliphatic rings. The normalized spacial score (nSPS) is 12.9. The van der Waals surface area contributed by atoms with Crippen molar-refractivity contribution in [3.63, 3.8) is 0 Å². The van der Waals surface area contributed by atoms with Crippen LogP contribution >= 0.6 is 0 Å². The lowest BCUT2D eigenvalue weighted by atomic mass is 10.3. The molecule has 0 radical (unpaired) electrons. The molecule has 0 atom stereocenters. The molecule has 0 aromatic carbocycles. The highest BCUT2D eigenvalue weighted by Crippen LogP contribution is 1.87. The molecule has 0 aliphatic heterocycles. The van der Waals surface area contributed by atoms with Crippen molar-refractivity contribution in [1.82, 2.24) is 0 Å². The highest BCUT2D eigenvalue weighted by molar-refractivity contribution is 5.77. The van der Waals surface area contributed by atoms with E-state index in [1.807, 2.05) is 6.08 Å². The fourth-order valence-corrected chi connectivity index (χ4v) is 0.411. The average Bonchev–Trinajstić information content (AvgIpc) is 1.80. The van der Waals surface area contributed by atoms with Gasteiger partial charge in [0.25, 0.3) is 0 Å². The number of aliphatic imine (C=N–C) groups is 1. The number of hydrogen-bond acceptors (Lipinski definition) is 1. The van der Waals surface area contributed by atoms with Crippen LogP contribution in [0.1, 0.15) is 26.7 Å². The first-order chi connectivity index (χ1) is 4.27. The molecular formula is C7H14N2. The number of unbranched alkanes of at least 4 members (excludes halogenated alkanes) is 1. The monoisotopic (exact) mass is 126 g/mol. The zero-order chi connectivity index (χ0) is 7.11. The molecule has 2 heteroatoms. The van der Waals surface area contributed by atoms with Crippen molar-refractivity contribution in [3.05, 3.63) is 12.3 Å². The van der Waals surface area contributed by atoms with Crippen molar-refractivity contribution in [2.45, 2.75) is 26.7 Å². The molecule has 0 unspecified atom stereocenters. The van der Waals surface area contributed by atoms with Crippen molar-refractivity contribution >= 4 is 5.84 Å². The Morgan fingerprint density at radius 3 is 2.78 bits per heavy atom. The van der Waals surface area contributed by atoms with Crippen LogP contribution < -0.4 is 5.73 Å². The Morgan fingerprint density at radius 1 is 1.67 bits per heavy atom. The topological polar surface area (TPSA) is 38.4 Å². The molecule has 0 rings (SSSR count). The minimum Gasteiger partial charge on any atom is -0.387 e. The predicted octanol–water partition coefficient (Wildman–Crippen LogP) is 1.68. The lowest BCUT2D eigenvalue weighted by Crippen LogP contribution is -2.03. The van der Waals surface area contributed by atoms with E-state index in [4.69, 9.17) is 5.73 Å². The Hall–Kier alpha value is -0.790. The number of rotatable bonds is 3. The Labute approximate surface area is 56.5 Å². The van der Waals surface area contributed by atoms with E-state index >= 15 is 0 Å². The van der Waals surface area contributed by atoms with E-state index < -0.39 is 0 Å². The average molecular weight is 126 g/mol. The third-order valence-electron chi connectivity index (χ3n) is 0.839. The van der Waals surface area contributed by atoms with Gasteiger partial charge in [0.15, 0.2) is 0 Å². The summed E-state index contributed by atoms with van der Waals surface area (Å²) < 4.78 is 0. The first-order valence-electron chi connectivity index (χ1n) is 3.22. The van der Waals surface area contributed by atoms with Crippen molar-refractivity contribution in [2.24, 2.45) is 10.7 Å². The van der Waals surface area contributed by atoms with Crippen LogP contribution in [0, 0.1) is 0 Å². The number of allylic oxidation sites excluding steroid dienone is 1. The van der Waals surface area contributed by atoms with Crippen LogP contribution in [0.15, 0.2) is 17.3 Å². The molecule has 0 amide bonds. The SMILES string of the molecule is CCC/C=C\N=C(\C)N. The highest BCUT2D eigenvalue weighted by atomic mass is 14.8. The number of nitrogens with zero attached hydrogens (tertiary/aromatic N) is 1. The van der Waals surface area contributed by atoms with Gasteiger partial charge in [0.2, 0.25) is 0 Å². The lowest BCUT2D eigenvalue weighted by Gasteiger charge is -1.83. The fourth-order valence-electron chi connectivity index (χ4n) is 0.411. The van der Waals surface area contributed by atoms with Gasteiger partial charge in [0.1, 0.15) is 0 Å². The van der Waals surface area contributed by atoms with E-state index in [0.29, 0.717) is 5.84 Å². The zero-order valence-electron chi connectivity index (χ0n) is 6.09. The molecule has 0 saturated heterocycles. The molecule has 0 heterocycles. The molecule has 9 heavy (non-hydrogen) atoms. The van der Waals surface area contributed by atoms with Crippen molar-refractivity contribution in [3.8, 4) is 0 Å². The lowest BCUT2D eigenvalue weighted by molar-refractivity contribution is 0.956. The van der Waals surface area contributed by atoms with Gasteiger partial charge in [-0.1, -0.05) is 19.4 Å². The molecular weight excluding hydrogens is 112 g/mol. The number of nitrogens with two attached hydrogens (primary N) is 1. The summed E-state index contributed by atoms with van der Waals surface area (Å²) in [6, 6.07) is 0. The van der Waals surface area contributed by atoms with E-state index in [1.54, 1.807) is 13.1 Å². The standard InChI is InChI=1S/C7H14N2/c1-3-4-5-6-9-7(2)8/h5-6H,3-4H2,1-2H3,(H2,8,9)/b6-5-. The summed E-state index contributed by atoms with van der Waals surface area (Å²) >= 11 is 0. The highest BCUT2D eigenvalue weighted by Gasteiger charge is 1.72. The maximum atomic E-state index is 5.27. The summed E-state index contributed by atoms with van der Waals surface area (Å²) in [7, 11) is 0. The summed E-state index contributed by atoms with van der Waals surface area (Å²) in [5.41, 5.74) is 5.27. The number of hydrogen-bond donors (Lipinski definition) is 1. The van der Waals surface area contributed by atoms with Crippen LogP contribution in [0.2, 0.25) is 0 Å². The summed E-state index contributed by atoms with van der Waals surface area (Å²) in [4.78, 5) is 3.88. The maximum absolute atomic E-state index is 5.27.